The first-order chi connectivity index (χ1) is 19.1. The van der Waals surface area contributed by atoms with Gasteiger partial charge in [-0.2, -0.15) is 0 Å². The van der Waals surface area contributed by atoms with E-state index in [4.69, 9.17) is 29.2 Å². The molecule has 1 aromatic rings. The van der Waals surface area contributed by atoms with E-state index in [1.54, 1.807) is 13.8 Å². The predicted octanol–water partition coefficient (Wildman–Crippen LogP) is 4.43. The molecular formula is C28H43N5O7. The molecule has 2 aliphatic rings. The van der Waals surface area contributed by atoms with E-state index < -0.39 is 42.5 Å². The number of alkyl carbamates (subject to hydrolysis) is 1. The molecule has 2 fully saturated rings. The SMILES string of the molecule is CC(=O)NC1C(OCCCC(C)C(C)CCNC(=O)OCc2ccccc2)OC(CN=[N+]=[N-])C2OC(C)(C)OC12. The predicted molar refractivity (Wildman–Crippen MR) is 147 cm³/mol. The highest BCUT2D eigenvalue weighted by molar-refractivity contribution is 5.73. The van der Waals surface area contributed by atoms with Crippen molar-refractivity contribution >= 4 is 12.0 Å². The molecule has 0 bridgehead atoms. The van der Waals surface area contributed by atoms with Crippen LogP contribution in [0.4, 0.5) is 4.79 Å². The van der Waals surface area contributed by atoms with Crippen molar-refractivity contribution in [2.24, 2.45) is 17.0 Å². The van der Waals surface area contributed by atoms with Gasteiger partial charge in [-0.05, 0) is 56.0 Å². The summed E-state index contributed by atoms with van der Waals surface area (Å²) in [6, 6.07) is 8.99. The molecule has 1 aromatic carbocycles. The smallest absolute Gasteiger partial charge is 0.407 e. The van der Waals surface area contributed by atoms with E-state index in [9.17, 15) is 9.59 Å². The van der Waals surface area contributed by atoms with E-state index in [0.717, 1.165) is 24.8 Å². The number of hydrogen-bond donors (Lipinski definition) is 2. The van der Waals surface area contributed by atoms with Gasteiger partial charge in [0.2, 0.25) is 5.91 Å². The van der Waals surface area contributed by atoms with Gasteiger partial charge in [0.25, 0.3) is 0 Å². The van der Waals surface area contributed by atoms with E-state index in [0.29, 0.717) is 25.0 Å². The molecule has 7 unspecified atom stereocenters. The number of rotatable bonds is 14. The van der Waals surface area contributed by atoms with Crippen LogP contribution in [0.15, 0.2) is 35.4 Å². The standard InChI is InChI=1S/C28H43N5O7/c1-18(19(2)13-14-30-27(35)37-17-21-11-7-6-8-12-21)10-9-15-36-26-23(32-20(3)34)25-24(39-28(4,5)40-25)22(38-26)16-31-33-29/h6-8,11-12,18-19,22-26H,9-10,13-17H2,1-5H3,(H,30,35)(H,32,34). The lowest BCUT2D eigenvalue weighted by atomic mass is 9.89. The van der Waals surface area contributed by atoms with Crippen molar-refractivity contribution in [2.75, 3.05) is 19.7 Å². The Morgan fingerprint density at radius 1 is 1.12 bits per heavy atom. The lowest BCUT2D eigenvalue weighted by molar-refractivity contribution is -0.242. The van der Waals surface area contributed by atoms with Crippen molar-refractivity contribution in [3.8, 4) is 0 Å². The normalized spacial score (nSPS) is 26.6. The van der Waals surface area contributed by atoms with E-state index in [-0.39, 0.29) is 19.1 Å². The maximum Gasteiger partial charge on any atom is 0.407 e. The summed E-state index contributed by atoms with van der Waals surface area (Å²) in [5.74, 6) is -0.327. The summed E-state index contributed by atoms with van der Waals surface area (Å²) in [7, 11) is 0. The topological polar surface area (TPSA) is 153 Å². The van der Waals surface area contributed by atoms with Crippen molar-refractivity contribution < 1.29 is 33.3 Å². The van der Waals surface area contributed by atoms with Gasteiger partial charge in [-0.3, -0.25) is 4.79 Å². The molecule has 2 saturated heterocycles. The maximum absolute atomic E-state index is 12.0. The van der Waals surface area contributed by atoms with E-state index >= 15 is 0 Å². The number of azide groups is 1. The Morgan fingerprint density at radius 3 is 2.52 bits per heavy atom. The molecule has 222 valence electrons. The van der Waals surface area contributed by atoms with Crippen LogP contribution in [0.5, 0.6) is 0 Å². The second-order valence-electron chi connectivity index (χ2n) is 11.0. The van der Waals surface area contributed by atoms with Crippen molar-refractivity contribution in [2.45, 2.75) is 96.9 Å². The molecule has 2 amide bonds. The summed E-state index contributed by atoms with van der Waals surface area (Å²) < 4.78 is 29.6. The number of carbonyl (C=O) groups excluding carboxylic acids is 2. The van der Waals surface area contributed by atoms with Crippen LogP contribution in [0.2, 0.25) is 0 Å². The molecule has 2 aliphatic heterocycles. The minimum atomic E-state index is -0.877. The van der Waals surface area contributed by atoms with Crippen LogP contribution >= 0.6 is 0 Å². The van der Waals surface area contributed by atoms with Gasteiger partial charge < -0.3 is 34.3 Å². The lowest BCUT2D eigenvalue weighted by Gasteiger charge is -2.42. The average Bonchev–Trinajstić information content (AvgIpc) is 3.25. The van der Waals surface area contributed by atoms with Crippen LogP contribution in [0.1, 0.15) is 59.4 Å². The number of carbonyl (C=O) groups is 2. The zero-order valence-electron chi connectivity index (χ0n) is 24.1. The van der Waals surface area contributed by atoms with Gasteiger partial charge in [0, 0.05) is 25.0 Å². The Morgan fingerprint density at radius 2 is 1.82 bits per heavy atom. The molecule has 0 aliphatic carbocycles. The minimum Gasteiger partial charge on any atom is -0.445 e. The van der Waals surface area contributed by atoms with Crippen molar-refractivity contribution in [3.63, 3.8) is 0 Å². The Balaban J connectivity index is 1.42. The van der Waals surface area contributed by atoms with Gasteiger partial charge in [-0.25, -0.2) is 4.79 Å². The fourth-order valence-corrected chi connectivity index (χ4v) is 5.01. The second-order valence-corrected chi connectivity index (χ2v) is 11.0. The van der Waals surface area contributed by atoms with Gasteiger partial charge in [-0.1, -0.05) is 49.3 Å². The molecule has 0 saturated carbocycles. The van der Waals surface area contributed by atoms with E-state index in [1.165, 1.54) is 6.92 Å². The van der Waals surface area contributed by atoms with Crippen molar-refractivity contribution in [1.29, 1.82) is 0 Å². The molecule has 40 heavy (non-hydrogen) atoms. The van der Waals surface area contributed by atoms with Gasteiger partial charge in [0.05, 0.1) is 12.6 Å². The van der Waals surface area contributed by atoms with Crippen LogP contribution < -0.4 is 10.6 Å². The Hall–Kier alpha value is -2.89. The summed E-state index contributed by atoms with van der Waals surface area (Å²) in [5.41, 5.74) is 9.76. The molecular weight excluding hydrogens is 518 g/mol. The van der Waals surface area contributed by atoms with Crippen LogP contribution in [0.25, 0.3) is 10.4 Å². The number of nitrogens with one attached hydrogen (secondary N) is 2. The Bertz CT molecular complexity index is 1000. The first-order valence-corrected chi connectivity index (χ1v) is 13.9. The van der Waals surface area contributed by atoms with Crippen LogP contribution in [0, 0.1) is 11.8 Å². The van der Waals surface area contributed by atoms with E-state index in [2.05, 4.69) is 34.5 Å². The lowest BCUT2D eigenvalue weighted by Crippen LogP contribution is -2.63. The first kappa shape index (κ1) is 31.6. The summed E-state index contributed by atoms with van der Waals surface area (Å²) in [6.45, 7) is 10.6. The third kappa shape index (κ3) is 9.64. The summed E-state index contributed by atoms with van der Waals surface area (Å²) in [6.07, 6.45) is -0.260. The number of hydrogen-bond acceptors (Lipinski definition) is 8. The molecule has 0 spiro atoms. The third-order valence-corrected chi connectivity index (χ3v) is 7.32. The van der Waals surface area contributed by atoms with Gasteiger partial charge in [-0.15, -0.1) is 0 Å². The number of amides is 2. The zero-order valence-corrected chi connectivity index (χ0v) is 24.1. The Kier molecular flexibility index (Phi) is 12.0. The highest BCUT2D eigenvalue weighted by atomic mass is 16.8. The van der Waals surface area contributed by atoms with Crippen molar-refractivity contribution in [3.05, 3.63) is 46.3 Å². The minimum absolute atomic E-state index is 0.0616. The van der Waals surface area contributed by atoms with Crippen LogP contribution in [0.3, 0.4) is 0 Å². The average molecular weight is 562 g/mol. The summed E-state index contributed by atoms with van der Waals surface area (Å²) in [4.78, 5) is 26.8. The number of nitrogens with zero attached hydrogens (tertiary/aromatic N) is 3. The second kappa shape index (κ2) is 15.2. The molecule has 0 radical (unpaired) electrons. The van der Waals surface area contributed by atoms with E-state index in [1.807, 2.05) is 30.3 Å². The molecule has 7 atom stereocenters. The quantitative estimate of drug-likeness (QED) is 0.147. The fourth-order valence-electron chi connectivity index (χ4n) is 5.01. The summed E-state index contributed by atoms with van der Waals surface area (Å²) >= 11 is 0. The molecule has 3 rings (SSSR count). The Labute approximate surface area is 236 Å². The maximum atomic E-state index is 12.0. The van der Waals surface area contributed by atoms with Gasteiger partial charge in [0.1, 0.15) is 24.9 Å². The molecule has 0 aromatic heterocycles. The third-order valence-electron chi connectivity index (χ3n) is 7.32. The van der Waals surface area contributed by atoms with Crippen LogP contribution in [-0.4, -0.2) is 68.1 Å². The fraction of sp³-hybridized carbons (Fsp3) is 0.714. The van der Waals surface area contributed by atoms with Gasteiger partial charge >= 0.3 is 6.09 Å². The highest BCUT2D eigenvalue weighted by Crippen LogP contribution is 2.38. The number of benzene rings is 1. The molecule has 2 heterocycles. The van der Waals surface area contributed by atoms with Gasteiger partial charge in [0.15, 0.2) is 12.1 Å². The molecule has 2 N–H and O–H groups in total. The highest BCUT2D eigenvalue weighted by Gasteiger charge is 2.55. The number of ether oxygens (including phenoxy) is 5. The zero-order chi connectivity index (χ0) is 29.1. The summed E-state index contributed by atoms with van der Waals surface area (Å²) in [5, 5.41) is 9.38. The number of fused-ring (bicyclic) bond motifs is 1. The molecule has 12 heteroatoms. The first-order valence-electron chi connectivity index (χ1n) is 13.9. The van der Waals surface area contributed by atoms with Crippen molar-refractivity contribution in [1.82, 2.24) is 10.6 Å². The monoisotopic (exact) mass is 561 g/mol. The molecule has 12 nitrogen and oxygen atoms in total. The van der Waals surface area contributed by atoms with Crippen LogP contribution in [-0.2, 0) is 35.1 Å². The largest absolute Gasteiger partial charge is 0.445 e.